The lowest BCUT2D eigenvalue weighted by molar-refractivity contribution is 0.485. The number of benzene rings is 3. The van der Waals surface area contributed by atoms with Crippen molar-refractivity contribution in [2.24, 2.45) is 0 Å². The highest BCUT2D eigenvalue weighted by Crippen LogP contribution is 2.33. The van der Waals surface area contributed by atoms with Gasteiger partial charge in [0.1, 0.15) is 5.75 Å². The Balaban J connectivity index is 1.74. The minimum Gasteiger partial charge on any atom is -0.455 e. The zero-order valence-corrected chi connectivity index (χ0v) is 17.4. The molecule has 8 heteroatoms. The summed E-state index contributed by atoms with van der Waals surface area (Å²) in [5.41, 5.74) is 2.11. The quantitative estimate of drug-likeness (QED) is 0.487. The summed E-state index contributed by atoms with van der Waals surface area (Å²) in [7, 11) is -3.46. The Morgan fingerprint density at radius 3 is 2.28 bits per heavy atom. The molecule has 0 heterocycles. The number of hydrogen-bond donors (Lipinski definition) is 3. The number of sulfonamides is 1. The van der Waals surface area contributed by atoms with Gasteiger partial charge in [-0.25, -0.2) is 8.42 Å². The fourth-order valence-corrected chi connectivity index (χ4v) is 3.30. The molecule has 0 aromatic heterocycles. The van der Waals surface area contributed by atoms with E-state index in [2.05, 4.69) is 15.4 Å². The normalized spacial score (nSPS) is 10.8. The van der Waals surface area contributed by atoms with E-state index < -0.39 is 10.0 Å². The van der Waals surface area contributed by atoms with E-state index in [-0.39, 0.29) is 0 Å². The fourth-order valence-electron chi connectivity index (χ4n) is 2.54. The highest BCUT2D eigenvalue weighted by atomic mass is 32.2. The van der Waals surface area contributed by atoms with Crippen LogP contribution in [0.2, 0.25) is 0 Å². The Morgan fingerprint density at radius 2 is 1.62 bits per heavy atom. The zero-order valence-electron chi connectivity index (χ0n) is 15.8. The van der Waals surface area contributed by atoms with E-state index in [0.29, 0.717) is 34.5 Å². The predicted molar refractivity (Wildman–Crippen MR) is 121 cm³/mol. The second-order valence-electron chi connectivity index (χ2n) is 6.29. The molecular weight excluding hydrogens is 406 g/mol. The summed E-state index contributed by atoms with van der Waals surface area (Å²) in [4.78, 5) is 0. The first-order chi connectivity index (χ1) is 13.9. The van der Waals surface area contributed by atoms with Crippen molar-refractivity contribution < 1.29 is 13.2 Å². The average Bonchev–Trinajstić information content (AvgIpc) is 2.69. The molecule has 0 aliphatic rings. The summed E-state index contributed by atoms with van der Waals surface area (Å²) in [6.45, 7) is 0.591. The number of nitrogens with one attached hydrogen (secondary N) is 3. The molecule has 0 bridgehead atoms. The van der Waals surface area contributed by atoms with Gasteiger partial charge in [-0.05, 0) is 42.0 Å². The third-order valence-electron chi connectivity index (χ3n) is 3.80. The first kappa shape index (κ1) is 20.6. The summed E-state index contributed by atoms with van der Waals surface area (Å²) in [5, 5.41) is 6.68. The van der Waals surface area contributed by atoms with Crippen LogP contribution in [0.15, 0.2) is 78.9 Å². The van der Waals surface area contributed by atoms with E-state index in [1.54, 1.807) is 30.3 Å². The number of anilines is 2. The largest absolute Gasteiger partial charge is 0.455 e. The molecule has 3 aromatic rings. The molecule has 150 valence electrons. The first-order valence-electron chi connectivity index (χ1n) is 8.82. The van der Waals surface area contributed by atoms with Crippen LogP contribution in [0.5, 0.6) is 11.5 Å². The molecule has 0 aliphatic heterocycles. The van der Waals surface area contributed by atoms with Crippen LogP contribution in [0.4, 0.5) is 11.4 Å². The highest BCUT2D eigenvalue weighted by Gasteiger charge is 2.11. The Kier molecular flexibility index (Phi) is 6.69. The smallest absolute Gasteiger partial charge is 0.229 e. The SMILES string of the molecule is CS(=O)(=O)Nc1ccc(NC(=S)NCc2ccccc2)cc1Oc1ccccc1. The molecule has 0 aliphatic carbocycles. The van der Waals surface area contributed by atoms with Gasteiger partial charge in [-0.15, -0.1) is 0 Å². The predicted octanol–water partition coefficient (Wildman–Crippen LogP) is 4.34. The molecule has 3 rings (SSSR count). The monoisotopic (exact) mass is 427 g/mol. The van der Waals surface area contributed by atoms with Crippen LogP contribution in [-0.4, -0.2) is 19.8 Å². The van der Waals surface area contributed by atoms with Crippen LogP contribution in [-0.2, 0) is 16.6 Å². The van der Waals surface area contributed by atoms with Crippen LogP contribution < -0.4 is 20.1 Å². The molecule has 0 saturated heterocycles. The Labute approximate surface area is 176 Å². The summed E-state index contributed by atoms with van der Waals surface area (Å²) in [6, 6.07) is 24.1. The van der Waals surface area contributed by atoms with Crippen molar-refractivity contribution in [3.8, 4) is 11.5 Å². The lowest BCUT2D eigenvalue weighted by Gasteiger charge is -2.15. The number of rotatable bonds is 7. The molecule has 3 aromatic carbocycles. The average molecular weight is 428 g/mol. The summed E-state index contributed by atoms with van der Waals surface area (Å²) >= 11 is 5.35. The van der Waals surface area contributed by atoms with Gasteiger partial charge in [-0.1, -0.05) is 48.5 Å². The van der Waals surface area contributed by atoms with Crippen molar-refractivity contribution >= 4 is 38.7 Å². The van der Waals surface area contributed by atoms with E-state index in [4.69, 9.17) is 17.0 Å². The van der Waals surface area contributed by atoms with Gasteiger partial charge in [-0.2, -0.15) is 0 Å². The molecule has 0 fully saturated rings. The molecule has 6 nitrogen and oxygen atoms in total. The lowest BCUT2D eigenvalue weighted by atomic mass is 10.2. The molecule has 0 saturated carbocycles. The van der Waals surface area contributed by atoms with E-state index in [1.807, 2.05) is 48.5 Å². The maximum atomic E-state index is 11.7. The van der Waals surface area contributed by atoms with Crippen molar-refractivity contribution in [3.05, 3.63) is 84.4 Å². The van der Waals surface area contributed by atoms with Crippen molar-refractivity contribution in [2.75, 3.05) is 16.3 Å². The van der Waals surface area contributed by atoms with Gasteiger partial charge in [0.05, 0.1) is 11.9 Å². The van der Waals surface area contributed by atoms with Gasteiger partial charge in [0.15, 0.2) is 10.9 Å². The Morgan fingerprint density at radius 1 is 0.966 bits per heavy atom. The second kappa shape index (κ2) is 9.40. The van der Waals surface area contributed by atoms with Gasteiger partial charge >= 0.3 is 0 Å². The minimum absolute atomic E-state index is 0.338. The Hall–Kier alpha value is -3.10. The Bertz CT molecular complexity index is 1070. The fraction of sp³-hybridized carbons (Fsp3) is 0.0952. The maximum absolute atomic E-state index is 11.7. The topological polar surface area (TPSA) is 79.5 Å². The standard InChI is InChI=1S/C21H21N3O3S2/c1-29(25,26)24-19-13-12-17(14-20(19)27-18-10-6-3-7-11-18)23-21(28)22-15-16-8-4-2-5-9-16/h2-14,24H,15H2,1H3,(H2,22,23,28). The summed E-state index contributed by atoms with van der Waals surface area (Å²) in [5.74, 6) is 0.948. The molecule has 0 atom stereocenters. The van der Waals surface area contributed by atoms with Crippen molar-refractivity contribution in [1.82, 2.24) is 5.32 Å². The number of para-hydroxylation sites is 1. The van der Waals surface area contributed by atoms with Crippen LogP contribution >= 0.6 is 12.2 Å². The van der Waals surface area contributed by atoms with E-state index in [1.165, 1.54) is 0 Å². The van der Waals surface area contributed by atoms with Gasteiger partial charge in [-0.3, -0.25) is 4.72 Å². The third-order valence-corrected chi connectivity index (χ3v) is 4.64. The molecule has 0 radical (unpaired) electrons. The van der Waals surface area contributed by atoms with Crippen molar-refractivity contribution in [3.63, 3.8) is 0 Å². The third kappa shape index (κ3) is 6.78. The van der Waals surface area contributed by atoms with E-state index >= 15 is 0 Å². The van der Waals surface area contributed by atoms with E-state index in [0.717, 1.165) is 11.8 Å². The van der Waals surface area contributed by atoms with E-state index in [9.17, 15) is 8.42 Å². The lowest BCUT2D eigenvalue weighted by Crippen LogP contribution is -2.27. The molecule has 3 N–H and O–H groups in total. The molecular formula is C21H21N3O3S2. The van der Waals surface area contributed by atoms with Crippen LogP contribution in [0.25, 0.3) is 0 Å². The van der Waals surface area contributed by atoms with Crippen LogP contribution in [0.3, 0.4) is 0 Å². The first-order valence-corrected chi connectivity index (χ1v) is 11.1. The molecule has 29 heavy (non-hydrogen) atoms. The van der Waals surface area contributed by atoms with Gasteiger partial charge in [0, 0.05) is 18.3 Å². The van der Waals surface area contributed by atoms with Gasteiger partial charge in [0.2, 0.25) is 10.0 Å². The zero-order chi connectivity index (χ0) is 20.7. The molecule has 0 amide bonds. The number of thiocarbonyl (C=S) groups is 1. The summed E-state index contributed by atoms with van der Waals surface area (Å²) < 4.78 is 31.7. The van der Waals surface area contributed by atoms with Crippen LogP contribution in [0, 0.1) is 0 Å². The molecule has 0 spiro atoms. The van der Waals surface area contributed by atoms with Crippen LogP contribution in [0.1, 0.15) is 5.56 Å². The summed E-state index contributed by atoms with van der Waals surface area (Å²) in [6.07, 6.45) is 1.09. The molecule has 0 unspecified atom stereocenters. The van der Waals surface area contributed by atoms with Crippen molar-refractivity contribution in [1.29, 1.82) is 0 Å². The van der Waals surface area contributed by atoms with Crippen molar-refractivity contribution in [2.45, 2.75) is 6.54 Å². The highest BCUT2D eigenvalue weighted by molar-refractivity contribution is 7.92. The number of hydrogen-bond acceptors (Lipinski definition) is 4. The minimum atomic E-state index is -3.46. The maximum Gasteiger partial charge on any atom is 0.229 e. The van der Waals surface area contributed by atoms with Gasteiger partial charge < -0.3 is 15.4 Å². The second-order valence-corrected chi connectivity index (χ2v) is 8.45. The van der Waals surface area contributed by atoms with Gasteiger partial charge in [0.25, 0.3) is 0 Å². The number of ether oxygens (including phenoxy) is 1.